The van der Waals surface area contributed by atoms with Crippen LogP contribution in [0.2, 0.25) is 5.02 Å². The number of esters is 1. The van der Waals surface area contributed by atoms with Crippen molar-refractivity contribution >= 4 is 33.5 Å². The number of hydrogen-bond donors (Lipinski definition) is 2. The van der Waals surface area contributed by atoms with Gasteiger partial charge in [0.15, 0.2) is 0 Å². The van der Waals surface area contributed by atoms with E-state index in [2.05, 4.69) is 10.0 Å². The van der Waals surface area contributed by atoms with Crippen LogP contribution in [0.3, 0.4) is 0 Å². The van der Waals surface area contributed by atoms with Crippen molar-refractivity contribution in [3.8, 4) is 0 Å². The maximum absolute atomic E-state index is 12.6. The molecule has 1 amide bonds. The van der Waals surface area contributed by atoms with Gasteiger partial charge in [-0.15, -0.1) is 0 Å². The highest BCUT2D eigenvalue weighted by Gasteiger charge is 2.20. The lowest BCUT2D eigenvalue weighted by molar-refractivity contribution is -0.146. The van der Waals surface area contributed by atoms with E-state index in [4.69, 9.17) is 16.3 Å². The van der Waals surface area contributed by atoms with Crippen LogP contribution in [0.5, 0.6) is 0 Å². The third-order valence-electron chi connectivity index (χ3n) is 3.55. The van der Waals surface area contributed by atoms with Gasteiger partial charge in [0.25, 0.3) is 5.91 Å². The van der Waals surface area contributed by atoms with Crippen molar-refractivity contribution in [2.24, 2.45) is 0 Å². The fourth-order valence-corrected chi connectivity index (χ4v) is 3.80. The molecule has 150 valence electrons. The summed E-state index contributed by atoms with van der Waals surface area (Å²) in [7, 11) is -3.95. The first-order valence-corrected chi connectivity index (χ1v) is 10.4. The number of nitrogens with one attached hydrogen (secondary N) is 2. The number of ether oxygens (including phenoxy) is 1. The standard InChI is InChI=1S/C19H21ClN2O5S/c1-13(2)27-18(23)12-21-19(24)15-8-9-16(20)17(10-15)28(25,26)22-11-14-6-4-3-5-7-14/h3-10,13,22H,11-12H2,1-2H3,(H,21,24). The minimum absolute atomic E-state index is 0.0173. The van der Waals surface area contributed by atoms with Crippen molar-refractivity contribution in [1.29, 1.82) is 0 Å². The van der Waals surface area contributed by atoms with Crippen LogP contribution in [0, 0.1) is 0 Å². The molecule has 28 heavy (non-hydrogen) atoms. The molecule has 2 rings (SSSR count). The zero-order chi connectivity index (χ0) is 20.7. The topological polar surface area (TPSA) is 102 Å². The second-order valence-corrected chi connectivity index (χ2v) is 8.32. The lowest BCUT2D eigenvalue weighted by Gasteiger charge is -2.11. The highest BCUT2D eigenvalue weighted by Crippen LogP contribution is 2.23. The predicted octanol–water partition coefficient (Wildman–Crippen LogP) is 2.50. The molecule has 0 saturated carbocycles. The molecule has 0 aliphatic heterocycles. The molecule has 9 heteroatoms. The van der Waals surface area contributed by atoms with Crippen molar-refractivity contribution in [2.75, 3.05) is 6.54 Å². The number of rotatable bonds is 8. The van der Waals surface area contributed by atoms with Crippen LogP contribution in [0.4, 0.5) is 0 Å². The molecule has 0 aliphatic rings. The van der Waals surface area contributed by atoms with Crippen LogP contribution in [0.1, 0.15) is 29.8 Å². The van der Waals surface area contributed by atoms with Crippen molar-refractivity contribution in [3.63, 3.8) is 0 Å². The van der Waals surface area contributed by atoms with Crippen LogP contribution in [0.25, 0.3) is 0 Å². The first-order valence-electron chi connectivity index (χ1n) is 8.50. The third-order valence-corrected chi connectivity index (χ3v) is 5.44. The van der Waals surface area contributed by atoms with Gasteiger partial charge in [-0.05, 0) is 37.6 Å². The summed E-state index contributed by atoms with van der Waals surface area (Å²) < 4.78 is 32.6. The number of hydrogen-bond acceptors (Lipinski definition) is 5. The van der Waals surface area contributed by atoms with E-state index in [0.717, 1.165) is 5.56 Å². The average Bonchev–Trinajstić information content (AvgIpc) is 2.65. The van der Waals surface area contributed by atoms with Crippen LogP contribution >= 0.6 is 11.6 Å². The molecule has 0 fully saturated rings. The summed E-state index contributed by atoms with van der Waals surface area (Å²) in [5.74, 6) is -1.20. The quantitative estimate of drug-likeness (QED) is 0.634. The van der Waals surface area contributed by atoms with E-state index in [0.29, 0.717) is 0 Å². The van der Waals surface area contributed by atoms with Crippen molar-refractivity contribution in [2.45, 2.75) is 31.4 Å². The minimum Gasteiger partial charge on any atom is -0.462 e. The SMILES string of the molecule is CC(C)OC(=O)CNC(=O)c1ccc(Cl)c(S(=O)(=O)NCc2ccccc2)c1. The predicted molar refractivity (Wildman–Crippen MR) is 105 cm³/mol. The molecule has 0 radical (unpaired) electrons. The molecule has 0 saturated heterocycles. The Bertz CT molecular complexity index is 946. The fourth-order valence-electron chi connectivity index (χ4n) is 2.26. The van der Waals surface area contributed by atoms with E-state index in [1.54, 1.807) is 38.1 Å². The molecule has 0 aliphatic carbocycles. The Morgan fingerprint density at radius 1 is 1.11 bits per heavy atom. The number of amides is 1. The lowest BCUT2D eigenvalue weighted by Crippen LogP contribution is -2.32. The van der Waals surface area contributed by atoms with Gasteiger partial charge in [0.2, 0.25) is 10.0 Å². The highest BCUT2D eigenvalue weighted by molar-refractivity contribution is 7.89. The van der Waals surface area contributed by atoms with Crippen molar-refractivity contribution < 1.29 is 22.7 Å². The van der Waals surface area contributed by atoms with Gasteiger partial charge in [0.1, 0.15) is 11.4 Å². The van der Waals surface area contributed by atoms with E-state index in [1.165, 1.54) is 18.2 Å². The van der Waals surface area contributed by atoms with E-state index in [9.17, 15) is 18.0 Å². The van der Waals surface area contributed by atoms with Crippen LogP contribution in [-0.4, -0.2) is 32.9 Å². The number of sulfonamides is 1. The molecular weight excluding hydrogens is 404 g/mol. The van der Waals surface area contributed by atoms with Crippen LogP contribution in [0.15, 0.2) is 53.4 Å². The van der Waals surface area contributed by atoms with E-state index >= 15 is 0 Å². The number of benzene rings is 2. The summed E-state index contributed by atoms with van der Waals surface area (Å²) in [5, 5.41) is 2.37. The Morgan fingerprint density at radius 2 is 1.79 bits per heavy atom. The van der Waals surface area contributed by atoms with Crippen molar-refractivity contribution in [1.82, 2.24) is 10.0 Å². The molecule has 0 heterocycles. The summed E-state index contributed by atoms with van der Waals surface area (Å²) >= 11 is 6.03. The summed E-state index contributed by atoms with van der Waals surface area (Å²) in [6.07, 6.45) is -0.299. The summed E-state index contributed by atoms with van der Waals surface area (Å²) in [6.45, 7) is 3.14. The third kappa shape index (κ3) is 6.33. The van der Waals surface area contributed by atoms with Gasteiger partial charge < -0.3 is 10.1 Å². The van der Waals surface area contributed by atoms with E-state index in [-0.39, 0.29) is 34.7 Å². The fraction of sp³-hybridized carbons (Fsp3) is 0.263. The minimum atomic E-state index is -3.95. The van der Waals surface area contributed by atoms with Gasteiger partial charge in [0, 0.05) is 12.1 Å². The van der Waals surface area contributed by atoms with Gasteiger partial charge in [-0.25, -0.2) is 13.1 Å². The smallest absolute Gasteiger partial charge is 0.325 e. The molecule has 2 aromatic rings. The molecule has 0 atom stereocenters. The van der Waals surface area contributed by atoms with Gasteiger partial charge >= 0.3 is 5.97 Å². The molecule has 7 nitrogen and oxygen atoms in total. The Morgan fingerprint density at radius 3 is 2.43 bits per heavy atom. The molecule has 0 spiro atoms. The zero-order valence-corrected chi connectivity index (χ0v) is 17.0. The Balaban J connectivity index is 2.11. The van der Waals surface area contributed by atoms with Gasteiger partial charge in [0.05, 0.1) is 11.1 Å². The second kappa shape index (κ2) is 9.68. The average molecular weight is 425 g/mol. The van der Waals surface area contributed by atoms with Gasteiger partial charge in [-0.3, -0.25) is 9.59 Å². The largest absolute Gasteiger partial charge is 0.462 e. The first kappa shape index (κ1) is 21.9. The van der Waals surface area contributed by atoms with E-state index < -0.39 is 21.9 Å². The molecule has 2 aromatic carbocycles. The zero-order valence-electron chi connectivity index (χ0n) is 15.4. The lowest BCUT2D eigenvalue weighted by atomic mass is 10.2. The Hall–Kier alpha value is -2.42. The number of halogens is 1. The first-order chi connectivity index (χ1) is 13.2. The maximum Gasteiger partial charge on any atom is 0.325 e. The Labute approximate surface area is 169 Å². The van der Waals surface area contributed by atoms with Crippen molar-refractivity contribution in [3.05, 3.63) is 64.7 Å². The molecule has 2 N–H and O–H groups in total. The van der Waals surface area contributed by atoms with Gasteiger partial charge in [-0.2, -0.15) is 0 Å². The molecule has 0 unspecified atom stereocenters. The maximum atomic E-state index is 12.6. The van der Waals surface area contributed by atoms with Crippen LogP contribution < -0.4 is 10.0 Å². The Kier molecular flexibility index (Phi) is 7.56. The highest BCUT2D eigenvalue weighted by atomic mass is 35.5. The molecule has 0 aromatic heterocycles. The van der Waals surface area contributed by atoms with E-state index in [1.807, 2.05) is 6.07 Å². The molecule has 0 bridgehead atoms. The molecular formula is C19H21ClN2O5S. The monoisotopic (exact) mass is 424 g/mol. The van der Waals surface area contributed by atoms with Crippen LogP contribution in [-0.2, 0) is 26.1 Å². The number of carbonyl (C=O) groups excluding carboxylic acids is 2. The normalized spacial score (nSPS) is 11.3. The summed E-state index contributed by atoms with van der Waals surface area (Å²) in [6, 6.07) is 12.8. The summed E-state index contributed by atoms with van der Waals surface area (Å²) in [5.41, 5.74) is 0.835. The second-order valence-electron chi connectivity index (χ2n) is 6.18. The summed E-state index contributed by atoms with van der Waals surface area (Å²) in [4.78, 5) is 23.5. The van der Waals surface area contributed by atoms with Gasteiger partial charge in [-0.1, -0.05) is 41.9 Å². The number of carbonyl (C=O) groups is 2.